The van der Waals surface area contributed by atoms with Crippen molar-refractivity contribution in [3.8, 4) is 0 Å². The highest BCUT2D eigenvalue weighted by Crippen LogP contribution is 2.29. The van der Waals surface area contributed by atoms with E-state index in [-0.39, 0.29) is 5.82 Å². The van der Waals surface area contributed by atoms with Gasteiger partial charge in [-0.05, 0) is 49.9 Å². The van der Waals surface area contributed by atoms with E-state index in [0.29, 0.717) is 11.1 Å². The third kappa shape index (κ3) is 3.89. The van der Waals surface area contributed by atoms with Crippen molar-refractivity contribution < 1.29 is 4.39 Å². The van der Waals surface area contributed by atoms with Crippen LogP contribution in [-0.2, 0) is 0 Å². The lowest BCUT2D eigenvalue weighted by Crippen LogP contribution is -2.43. The van der Waals surface area contributed by atoms with Crippen LogP contribution < -0.4 is 10.2 Å². The molecule has 1 aromatic carbocycles. The van der Waals surface area contributed by atoms with Crippen LogP contribution in [0.5, 0.6) is 0 Å². The molecule has 116 valence electrons. The Bertz CT molecular complexity index is 454. The molecule has 1 aliphatic heterocycles. The summed E-state index contributed by atoms with van der Waals surface area (Å²) in [4.78, 5) is 2.30. The summed E-state index contributed by atoms with van der Waals surface area (Å²) in [5, 5.41) is 4.19. The van der Waals surface area contributed by atoms with Gasteiger partial charge < -0.3 is 10.2 Å². The van der Waals surface area contributed by atoms with Crippen molar-refractivity contribution in [3.05, 3.63) is 29.0 Å². The van der Waals surface area contributed by atoms with Crippen molar-refractivity contribution in [1.29, 1.82) is 0 Å². The molecule has 0 radical (unpaired) electrons. The number of nitrogens with zero attached hydrogens (tertiary/aromatic N) is 1. The Balaban J connectivity index is 1.74. The quantitative estimate of drug-likeness (QED) is 0.879. The topological polar surface area (TPSA) is 15.3 Å². The average molecular weight is 311 g/mol. The number of hydrogen-bond acceptors (Lipinski definition) is 2. The Morgan fingerprint density at radius 3 is 2.67 bits per heavy atom. The van der Waals surface area contributed by atoms with E-state index < -0.39 is 0 Å². The molecule has 2 aliphatic rings. The van der Waals surface area contributed by atoms with Crippen molar-refractivity contribution in [3.63, 3.8) is 0 Å². The van der Waals surface area contributed by atoms with Crippen LogP contribution in [0.1, 0.15) is 38.5 Å². The minimum absolute atomic E-state index is 0.246. The molecule has 21 heavy (non-hydrogen) atoms. The number of anilines is 1. The second kappa shape index (κ2) is 6.97. The summed E-state index contributed by atoms with van der Waals surface area (Å²) < 4.78 is 13.6. The van der Waals surface area contributed by atoms with Gasteiger partial charge in [-0.15, -0.1) is 0 Å². The molecular formula is C17H24ClFN2. The van der Waals surface area contributed by atoms with Gasteiger partial charge in [0.2, 0.25) is 0 Å². The van der Waals surface area contributed by atoms with E-state index >= 15 is 0 Å². The van der Waals surface area contributed by atoms with Gasteiger partial charge in [-0.1, -0.05) is 30.9 Å². The Morgan fingerprint density at radius 2 is 1.90 bits per heavy atom. The standard InChI is InChI=1S/C17H24ClFN2/c18-14-9-15(19)11-16(10-14)21-8-4-7-20-17(12-21)13-5-2-1-3-6-13/h9-11,13,17,20H,1-8,12H2. The van der Waals surface area contributed by atoms with Gasteiger partial charge in [0.25, 0.3) is 0 Å². The highest BCUT2D eigenvalue weighted by atomic mass is 35.5. The van der Waals surface area contributed by atoms with E-state index in [1.165, 1.54) is 38.2 Å². The number of rotatable bonds is 2. The first-order valence-electron chi connectivity index (χ1n) is 8.17. The van der Waals surface area contributed by atoms with E-state index in [1.54, 1.807) is 6.07 Å². The summed E-state index contributed by atoms with van der Waals surface area (Å²) in [6, 6.07) is 5.39. The van der Waals surface area contributed by atoms with Gasteiger partial charge in [0.15, 0.2) is 0 Å². The lowest BCUT2D eigenvalue weighted by atomic mass is 9.83. The SMILES string of the molecule is Fc1cc(Cl)cc(N2CCCNC(C3CCCCC3)C2)c1. The minimum Gasteiger partial charge on any atom is -0.370 e. The first-order valence-corrected chi connectivity index (χ1v) is 8.54. The molecule has 1 atom stereocenters. The van der Waals surface area contributed by atoms with Gasteiger partial charge in [-0.3, -0.25) is 0 Å². The maximum atomic E-state index is 13.6. The van der Waals surface area contributed by atoms with Crippen LogP contribution in [0.25, 0.3) is 0 Å². The number of halogens is 2. The van der Waals surface area contributed by atoms with Crippen LogP contribution in [-0.4, -0.2) is 25.7 Å². The Hall–Kier alpha value is -0.800. The zero-order valence-corrected chi connectivity index (χ0v) is 13.2. The largest absolute Gasteiger partial charge is 0.370 e. The number of hydrogen-bond donors (Lipinski definition) is 1. The van der Waals surface area contributed by atoms with Crippen LogP contribution in [0.2, 0.25) is 5.02 Å². The van der Waals surface area contributed by atoms with E-state index in [2.05, 4.69) is 10.2 Å². The van der Waals surface area contributed by atoms with E-state index in [1.807, 2.05) is 6.07 Å². The maximum absolute atomic E-state index is 13.6. The lowest BCUT2D eigenvalue weighted by Gasteiger charge is -2.33. The number of benzene rings is 1. The molecule has 1 saturated carbocycles. The molecule has 0 spiro atoms. The average Bonchev–Trinajstić information content (AvgIpc) is 2.73. The zero-order valence-electron chi connectivity index (χ0n) is 12.5. The minimum atomic E-state index is -0.246. The molecule has 1 aromatic rings. The second-order valence-electron chi connectivity index (χ2n) is 6.39. The Kier molecular flexibility index (Phi) is 5.02. The summed E-state index contributed by atoms with van der Waals surface area (Å²) in [5.74, 6) is 0.521. The smallest absolute Gasteiger partial charge is 0.126 e. The molecule has 0 amide bonds. The summed E-state index contributed by atoms with van der Waals surface area (Å²) in [6.45, 7) is 2.99. The fourth-order valence-corrected chi connectivity index (χ4v) is 3.98. The highest BCUT2D eigenvalue weighted by Gasteiger charge is 2.27. The van der Waals surface area contributed by atoms with Crippen LogP contribution in [0, 0.1) is 11.7 Å². The normalized spacial score (nSPS) is 24.9. The number of nitrogens with one attached hydrogen (secondary N) is 1. The first kappa shape index (κ1) is 15.1. The van der Waals surface area contributed by atoms with Gasteiger partial charge in [-0.2, -0.15) is 0 Å². The van der Waals surface area contributed by atoms with Crippen molar-refractivity contribution >= 4 is 17.3 Å². The molecule has 0 bridgehead atoms. The third-order valence-corrected chi connectivity index (χ3v) is 5.08. The van der Waals surface area contributed by atoms with Gasteiger partial charge in [0.1, 0.15) is 5.82 Å². The molecule has 1 aliphatic carbocycles. The van der Waals surface area contributed by atoms with E-state index in [4.69, 9.17) is 11.6 Å². The molecule has 1 heterocycles. The third-order valence-electron chi connectivity index (χ3n) is 4.86. The predicted octanol–water partition coefficient (Wildman–Crippen LogP) is 4.23. The molecule has 2 fully saturated rings. The van der Waals surface area contributed by atoms with Crippen molar-refractivity contribution in [2.75, 3.05) is 24.5 Å². The maximum Gasteiger partial charge on any atom is 0.126 e. The highest BCUT2D eigenvalue weighted by molar-refractivity contribution is 6.30. The molecule has 0 aromatic heterocycles. The van der Waals surface area contributed by atoms with E-state index in [9.17, 15) is 4.39 Å². The summed E-state index contributed by atoms with van der Waals surface area (Å²) in [7, 11) is 0. The van der Waals surface area contributed by atoms with Crippen molar-refractivity contribution in [1.82, 2.24) is 5.32 Å². The predicted molar refractivity (Wildman–Crippen MR) is 86.6 cm³/mol. The first-order chi connectivity index (χ1) is 10.2. The summed E-state index contributed by atoms with van der Waals surface area (Å²) in [6.07, 6.45) is 7.85. The molecule has 3 rings (SSSR count). The van der Waals surface area contributed by atoms with Crippen molar-refractivity contribution in [2.24, 2.45) is 5.92 Å². The van der Waals surface area contributed by atoms with Gasteiger partial charge in [-0.25, -0.2) is 4.39 Å². The fourth-order valence-electron chi connectivity index (χ4n) is 3.76. The van der Waals surface area contributed by atoms with Crippen LogP contribution >= 0.6 is 11.6 Å². The van der Waals surface area contributed by atoms with Gasteiger partial charge in [0, 0.05) is 29.8 Å². The second-order valence-corrected chi connectivity index (χ2v) is 6.82. The Morgan fingerprint density at radius 1 is 1.10 bits per heavy atom. The van der Waals surface area contributed by atoms with Crippen LogP contribution in [0.3, 0.4) is 0 Å². The molecular weight excluding hydrogens is 287 g/mol. The molecule has 1 unspecified atom stereocenters. The van der Waals surface area contributed by atoms with Gasteiger partial charge in [0.05, 0.1) is 0 Å². The zero-order chi connectivity index (χ0) is 14.7. The molecule has 1 N–H and O–H groups in total. The molecule has 4 heteroatoms. The Labute approximate surface area is 131 Å². The van der Waals surface area contributed by atoms with Crippen LogP contribution in [0.15, 0.2) is 18.2 Å². The van der Waals surface area contributed by atoms with Crippen LogP contribution in [0.4, 0.5) is 10.1 Å². The van der Waals surface area contributed by atoms with Crippen molar-refractivity contribution in [2.45, 2.75) is 44.6 Å². The molecule has 1 saturated heterocycles. The summed E-state index contributed by atoms with van der Waals surface area (Å²) >= 11 is 6.01. The fraction of sp³-hybridized carbons (Fsp3) is 0.647. The van der Waals surface area contributed by atoms with E-state index in [0.717, 1.165) is 37.7 Å². The monoisotopic (exact) mass is 310 g/mol. The summed E-state index contributed by atoms with van der Waals surface area (Å²) in [5.41, 5.74) is 0.921. The lowest BCUT2D eigenvalue weighted by molar-refractivity contribution is 0.277. The molecule has 2 nitrogen and oxygen atoms in total. The van der Waals surface area contributed by atoms with Gasteiger partial charge >= 0.3 is 0 Å².